The van der Waals surface area contributed by atoms with Crippen molar-refractivity contribution in [2.24, 2.45) is 0 Å². The van der Waals surface area contributed by atoms with Crippen LogP contribution in [0.3, 0.4) is 0 Å². The number of benzene rings is 1. The van der Waals surface area contributed by atoms with Gasteiger partial charge in [0.05, 0.1) is 13.0 Å². The van der Waals surface area contributed by atoms with Gasteiger partial charge < -0.3 is 15.4 Å². The molecule has 2 N–H and O–H groups in total. The lowest BCUT2D eigenvalue weighted by atomic mass is 10.0. The Labute approximate surface area is 101 Å². The molecule has 0 atom stereocenters. The SMILES string of the molecule is COCCC(=O)N1CCCc2cc(N)ccc21. The van der Waals surface area contributed by atoms with Gasteiger partial charge in [-0.3, -0.25) is 4.79 Å². The highest BCUT2D eigenvalue weighted by Crippen LogP contribution is 2.29. The number of aryl methyl sites for hydroxylation is 1. The average molecular weight is 234 g/mol. The van der Waals surface area contributed by atoms with E-state index in [-0.39, 0.29) is 5.91 Å². The van der Waals surface area contributed by atoms with E-state index in [1.807, 2.05) is 23.1 Å². The van der Waals surface area contributed by atoms with Crippen LogP contribution in [0.1, 0.15) is 18.4 Å². The lowest BCUT2D eigenvalue weighted by Crippen LogP contribution is -2.35. The van der Waals surface area contributed by atoms with Crippen molar-refractivity contribution in [3.8, 4) is 0 Å². The standard InChI is InChI=1S/C13H18N2O2/c1-17-8-6-13(16)15-7-2-3-10-9-11(14)4-5-12(10)15/h4-5,9H,2-3,6-8,14H2,1H3. The van der Waals surface area contributed by atoms with Crippen LogP contribution < -0.4 is 10.6 Å². The summed E-state index contributed by atoms with van der Waals surface area (Å²) in [6.07, 6.45) is 2.42. The summed E-state index contributed by atoms with van der Waals surface area (Å²) in [5.74, 6) is 0.123. The van der Waals surface area contributed by atoms with Crippen LogP contribution in [-0.4, -0.2) is 26.2 Å². The normalized spacial score (nSPS) is 14.5. The lowest BCUT2D eigenvalue weighted by Gasteiger charge is -2.29. The number of hydrogen-bond donors (Lipinski definition) is 1. The molecular weight excluding hydrogens is 216 g/mol. The minimum atomic E-state index is 0.123. The highest BCUT2D eigenvalue weighted by atomic mass is 16.5. The number of amides is 1. The fourth-order valence-electron chi connectivity index (χ4n) is 2.20. The Bertz CT molecular complexity index is 418. The molecule has 1 amide bonds. The molecular formula is C13H18N2O2. The summed E-state index contributed by atoms with van der Waals surface area (Å²) in [6.45, 7) is 1.26. The monoisotopic (exact) mass is 234 g/mol. The largest absolute Gasteiger partial charge is 0.399 e. The van der Waals surface area contributed by atoms with Crippen LogP contribution in [0.4, 0.5) is 11.4 Å². The first kappa shape index (κ1) is 11.9. The van der Waals surface area contributed by atoms with E-state index < -0.39 is 0 Å². The molecule has 0 radical (unpaired) electrons. The van der Waals surface area contributed by atoms with Crippen LogP contribution in [-0.2, 0) is 16.0 Å². The second-order valence-electron chi connectivity index (χ2n) is 4.28. The van der Waals surface area contributed by atoms with E-state index in [0.29, 0.717) is 13.0 Å². The van der Waals surface area contributed by atoms with Gasteiger partial charge in [0.1, 0.15) is 0 Å². The molecule has 1 heterocycles. The zero-order valence-electron chi connectivity index (χ0n) is 10.1. The summed E-state index contributed by atoms with van der Waals surface area (Å²) >= 11 is 0. The van der Waals surface area contributed by atoms with Gasteiger partial charge in [-0.25, -0.2) is 0 Å². The molecule has 4 heteroatoms. The summed E-state index contributed by atoms with van der Waals surface area (Å²) in [4.78, 5) is 13.9. The van der Waals surface area contributed by atoms with Gasteiger partial charge in [0.2, 0.25) is 5.91 Å². The van der Waals surface area contributed by atoms with Crippen LogP contribution in [0.25, 0.3) is 0 Å². The molecule has 1 aliphatic rings. The molecule has 1 aliphatic heterocycles. The van der Waals surface area contributed by atoms with Gasteiger partial charge in [-0.05, 0) is 36.6 Å². The van der Waals surface area contributed by atoms with E-state index in [2.05, 4.69) is 0 Å². The van der Waals surface area contributed by atoms with Crippen molar-refractivity contribution in [1.29, 1.82) is 0 Å². The van der Waals surface area contributed by atoms with E-state index in [4.69, 9.17) is 10.5 Å². The number of methoxy groups -OCH3 is 1. The Kier molecular flexibility index (Phi) is 3.64. The highest BCUT2D eigenvalue weighted by Gasteiger charge is 2.21. The quantitative estimate of drug-likeness (QED) is 0.808. The maximum absolute atomic E-state index is 12.0. The topological polar surface area (TPSA) is 55.6 Å². The van der Waals surface area contributed by atoms with Crippen molar-refractivity contribution in [2.75, 3.05) is 30.9 Å². The third-order valence-electron chi connectivity index (χ3n) is 3.04. The number of fused-ring (bicyclic) bond motifs is 1. The van der Waals surface area contributed by atoms with Gasteiger partial charge in [-0.1, -0.05) is 0 Å². The van der Waals surface area contributed by atoms with Crippen LogP contribution in [0.5, 0.6) is 0 Å². The predicted octanol–water partition coefficient (Wildman–Crippen LogP) is 1.58. The smallest absolute Gasteiger partial charge is 0.229 e. The summed E-state index contributed by atoms with van der Waals surface area (Å²) in [5, 5.41) is 0. The number of nitrogens with two attached hydrogens (primary N) is 1. The van der Waals surface area contributed by atoms with Gasteiger partial charge in [0.25, 0.3) is 0 Å². The molecule has 0 saturated heterocycles. The van der Waals surface area contributed by atoms with Crippen molar-refractivity contribution in [3.63, 3.8) is 0 Å². The average Bonchev–Trinajstić information content (AvgIpc) is 2.34. The summed E-state index contributed by atoms with van der Waals surface area (Å²) < 4.78 is 4.94. The van der Waals surface area contributed by atoms with Crippen molar-refractivity contribution in [2.45, 2.75) is 19.3 Å². The van der Waals surface area contributed by atoms with Crippen molar-refractivity contribution >= 4 is 17.3 Å². The Morgan fingerprint density at radius 3 is 3.12 bits per heavy atom. The maximum Gasteiger partial charge on any atom is 0.229 e. The predicted molar refractivity (Wildman–Crippen MR) is 68.0 cm³/mol. The second-order valence-corrected chi connectivity index (χ2v) is 4.28. The first-order chi connectivity index (χ1) is 8.22. The molecule has 0 spiro atoms. The zero-order valence-corrected chi connectivity index (χ0v) is 10.1. The van der Waals surface area contributed by atoms with E-state index in [0.717, 1.165) is 30.8 Å². The number of carbonyl (C=O) groups is 1. The highest BCUT2D eigenvalue weighted by molar-refractivity contribution is 5.94. The molecule has 17 heavy (non-hydrogen) atoms. The molecule has 0 aromatic heterocycles. The Hall–Kier alpha value is -1.55. The van der Waals surface area contributed by atoms with E-state index in [1.165, 1.54) is 5.56 Å². The number of rotatable bonds is 3. The summed E-state index contributed by atoms with van der Waals surface area (Å²) in [5.41, 5.74) is 8.69. The molecule has 0 unspecified atom stereocenters. The maximum atomic E-state index is 12.0. The van der Waals surface area contributed by atoms with Crippen LogP contribution in [0.15, 0.2) is 18.2 Å². The first-order valence-corrected chi connectivity index (χ1v) is 5.90. The fraction of sp³-hybridized carbons (Fsp3) is 0.462. The van der Waals surface area contributed by atoms with Gasteiger partial charge in [-0.15, -0.1) is 0 Å². The van der Waals surface area contributed by atoms with Crippen LogP contribution >= 0.6 is 0 Å². The number of hydrogen-bond acceptors (Lipinski definition) is 3. The summed E-state index contributed by atoms with van der Waals surface area (Å²) in [7, 11) is 1.61. The third kappa shape index (κ3) is 2.58. The molecule has 1 aromatic rings. The van der Waals surface area contributed by atoms with Crippen LogP contribution in [0.2, 0.25) is 0 Å². The molecule has 0 saturated carbocycles. The number of ether oxygens (including phenoxy) is 1. The van der Waals surface area contributed by atoms with Crippen molar-refractivity contribution in [3.05, 3.63) is 23.8 Å². The molecule has 2 rings (SSSR count). The van der Waals surface area contributed by atoms with Crippen LogP contribution in [0, 0.1) is 0 Å². The molecule has 0 fully saturated rings. The Balaban J connectivity index is 2.19. The molecule has 1 aromatic carbocycles. The number of nitrogens with zero attached hydrogens (tertiary/aromatic N) is 1. The Morgan fingerprint density at radius 1 is 1.53 bits per heavy atom. The Morgan fingerprint density at radius 2 is 2.35 bits per heavy atom. The molecule has 92 valence electrons. The lowest BCUT2D eigenvalue weighted by molar-refractivity contribution is -0.119. The minimum absolute atomic E-state index is 0.123. The third-order valence-corrected chi connectivity index (χ3v) is 3.04. The van der Waals surface area contributed by atoms with E-state index in [1.54, 1.807) is 7.11 Å². The minimum Gasteiger partial charge on any atom is -0.399 e. The second kappa shape index (κ2) is 5.19. The summed E-state index contributed by atoms with van der Waals surface area (Å²) in [6, 6.07) is 5.75. The van der Waals surface area contributed by atoms with E-state index in [9.17, 15) is 4.79 Å². The van der Waals surface area contributed by atoms with Gasteiger partial charge >= 0.3 is 0 Å². The molecule has 0 aliphatic carbocycles. The molecule has 4 nitrogen and oxygen atoms in total. The number of nitrogen functional groups attached to an aromatic ring is 1. The zero-order chi connectivity index (χ0) is 12.3. The first-order valence-electron chi connectivity index (χ1n) is 5.90. The van der Waals surface area contributed by atoms with Crippen molar-refractivity contribution in [1.82, 2.24) is 0 Å². The van der Waals surface area contributed by atoms with Gasteiger partial charge in [0, 0.05) is 25.0 Å². The van der Waals surface area contributed by atoms with E-state index >= 15 is 0 Å². The number of carbonyl (C=O) groups excluding carboxylic acids is 1. The van der Waals surface area contributed by atoms with Crippen molar-refractivity contribution < 1.29 is 9.53 Å². The van der Waals surface area contributed by atoms with Gasteiger partial charge in [0.15, 0.2) is 0 Å². The fourth-order valence-corrected chi connectivity index (χ4v) is 2.20. The number of anilines is 2. The van der Waals surface area contributed by atoms with Gasteiger partial charge in [-0.2, -0.15) is 0 Å². The molecule has 0 bridgehead atoms.